The van der Waals surface area contributed by atoms with E-state index in [9.17, 15) is 0 Å². The molecule has 1 aliphatic carbocycles. The third kappa shape index (κ3) is 5.55. The van der Waals surface area contributed by atoms with Gasteiger partial charge in [0.1, 0.15) is 5.75 Å². The molecule has 0 bridgehead atoms. The first kappa shape index (κ1) is 16.7. The lowest BCUT2D eigenvalue weighted by atomic mass is 10.1. The molecule has 0 saturated heterocycles. The van der Waals surface area contributed by atoms with Gasteiger partial charge in [-0.1, -0.05) is 18.9 Å². The number of hydrogen-bond donors (Lipinski definition) is 1. The molecule has 1 aliphatic rings. The van der Waals surface area contributed by atoms with Crippen molar-refractivity contribution in [2.45, 2.75) is 69.5 Å². The summed E-state index contributed by atoms with van der Waals surface area (Å²) in [6.07, 6.45) is 5.59. The van der Waals surface area contributed by atoms with E-state index in [0.717, 1.165) is 23.3 Å². The first-order valence-corrected chi connectivity index (χ1v) is 9.05. The minimum atomic E-state index is 0.151. The van der Waals surface area contributed by atoms with Crippen LogP contribution in [0.3, 0.4) is 0 Å². The molecule has 0 heterocycles. The molecule has 0 unspecified atom stereocenters. The van der Waals surface area contributed by atoms with Crippen molar-refractivity contribution in [3.8, 4) is 5.75 Å². The number of rotatable bonds is 6. The molecule has 1 aromatic rings. The summed E-state index contributed by atoms with van der Waals surface area (Å²) in [5, 5.41) is 4.41. The van der Waals surface area contributed by atoms with Crippen molar-refractivity contribution >= 4 is 11.8 Å². The van der Waals surface area contributed by atoms with E-state index in [2.05, 4.69) is 56.0 Å². The first-order chi connectivity index (χ1) is 9.98. The average Bonchev–Trinajstić information content (AvgIpc) is 2.95. The Balaban J connectivity index is 1.99. The van der Waals surface area contributed by atoms with Crippen molar-refractivity contribution in [3.05, 3.63) is 29.3 Å². The smallest absolute Gasteiger partial charge is 0.122 e. The maximum Gasteiger partial charge on any atom is 0.122 e. The summed E-state index contributed by atoms with van der Waals surface area (Å²) in [4.78, 5) is 0. The van der Waals surface area contributed by atoms with Crippen molar-refractivity contribution in [1.82, 2.24) is 5.32 Å². The van der Waals surface area contributed by atoms with Crippen LogP contribution in [-0.2, 0) is 12.3 Å². The van der Waals surface area contributed by atoms with Gasteiger partial charge in [-0.25, -0.2) is 0 Å². The van der Waals surface area contributed by atoms with Crippen molar-refractivity contribution < 1.29 is 4.74 Å². The molecule has 2 rings (SSSR count). The lowest BCUT2D eigenvalue weighted by Crippen LogP contribution is -2.35. The third-order valence-corrected chi connectivity index (χ3v) is 5.36. The van der Waals surface area contributed by atoms with Gasteiger partial charge >= 0.3 is 0 Å². The summed E-state index contributed by atoms with van der Waals surface area (Å²) < 4.78 is 5.53. The molecule has 21 heavy (non-hydrogen) atoms. The molecule has 0 aromatic heterocycles. The molecule has 1 aromatic carbocycles. The summed E-state index contributed by atoms with van der Waals surface area (Å²) >= 11 is 2.10. The topological polar surface area (TPSA) is 21.3 Å². The zero-order chi connectivity index (χ0) is 15.3. The van der Waals surface area contributed by atoms with Crippen LogP contribution in [0.25, 0.3) is 0 Å². The van der Waals surface area contributed by atoms with Gasteiger partial charge in [0.25, 0.3) is 0 Å². The molecule has 2 nitrogen and oxygen atoms in total. The van der Waals surface area contributed by atoms with E-state index < -0.39 is 0 Å². The SMILES string of the molecule is COc1ccc(CNC(C)(C)C)cc1CSC1CCCC1. The Morgan fingerprint density at radius 2 is 1.95 bits per heavy atom. The predicted octanol–water partition coefficient (Wildman–Crippen LogP) is 4.76. The maximum atomic E-state index is 5.53. The van der Waals surface area contributed by atoms with Gasteiger partial charge in [0, 0.05) is 28.6 Å². The fourth-order valence-electron chi connectivity index (χ4n) is 2.68. The van der Waals surface area contributed by atoms with E-state index in [0.29, 0.717) is 0 Å². The largest absolute Gasteiger partial charge is 0.496 e. The molecule has 1 N–H and O–H groups in total. The first-order valence-electron chi connectivity index (χ1n) is 8.00. The van der Waals surface area contributed by atoms with Gasteiger partial charge in [-0.15, -0.1) is 0 Å². The summed E-state index contributed by atoms with van der Waals surface area (Å²) in [5.41, 5.74) is 2.83. The summed E-state index contributed by atoms with van der Waals surface area (Å²) in [6.45, 7) is 7.52. The number of ether oxygens (including phenoxy) is 1. The third-order valence-electron chi connectivity index (χ3n) is 3.94. The van der Waals surface area contributed by atoms with E-state index >= 15 is 0 Å². The van der Waals surface area contributed by atoms with E-state index in [1.807, 2.05) is 0 Å². The van der Waals surface area contributed by atoms with Gasteiger partial charge in [-0.2, -0.15) is 11.8 Å². The van der Waals surface area contributed by atoms with Crippen molar-refractivity contribution in [1.29, 1.82) is 0 Å². The van der Waals surface area contributed by atoms with Crippen LogP contribution in [0.1, 0.15) is 57.6 Å². The Bertz CT molecular complexity index is 447. The van der Waals surface area contributed by atoms with Crippen LogP contribution in [0, 0.1) is 0 Å². The Hall–Kier alpha value is -0.670. The summed E-state index contributed by atoms with van der Waals surface area (Å²) in [6, 6.07) is 6.59. The average molecular weight is 308 g/mol. The maximum absolute atomic E-state index is 5.53. The zero-order valence-electron chi connectivity index (χ0n) is 13.9. The highest BCUT2D eigenvalue weighted by Crippen LogP contribution is 2.34. The highest BCUT2D eigenvalue weighted by atomic mass is 32.2. The molecule has 0 spiro atoms. The van der Waals surface area contributed by atoms with Crippen LogP contribution in [0.15, 0.2) is 18.2 Å². The van der Waals surface area contributed by atoms with Crippen LogP contribution >= 0.6 is 11.8 Å². The molecular weight excluding hydrogens is 278 g/mol. The minimum absolute atomic E-state index is 0.151. The predicted molar refractivity (Wildman–Crippen MR) is 93.1 cm³/mol. The van der Waals surface area contributed by atoms with Gasteiger partial charge in [0.05, 0.1) is 7.11 Å². The monoisotopic (exact) mass is 307 g/mol. The van der Waals surface area contributed by atoms with Crippen molar-refractivity contribution in [3.63, 3.8) is 0 Å². The Kier molecular flexibility index (Phi) is 6.00. The standard InChI is InChI=1S/C18H29NOS/c1-18(2,3)19-12-14-9-10-17(20-4)15(11-14)13-21-16-7-5-6-8-16/h9-11,16,19H,5-8,12-13H2,1-4H3. The molecule has 1 fully saturated rings. The van der Waals surface area contributed by atoms with E-state index in [-0.39, 0.29) is 5.54 Å². The zero-order valence-corrected chi connectivity index (χ0v) is 14.7. The normalized spacial score (nSPS) is 16.4. The molecule has 3 heteroatoms. The molecule has 0 radical (unpaired) electrons. The van der Waals surface area contributed by atoms with Crippen LogP contribution in [0.4, 0.5) is 0 Å². The minimum Gasteiger partial charge on any atom is -0.496 e. The molecule has 0 amide bonds. The highest BCUT2D eigenvalue weighted by Gasteiger charge is 2.16. The highest BCUT2D eigenvalue weighted by molar-refractivity contribution is 7.99. The van der Waals surface area contributed by atoms with Crippen molar-refractivity contribution in [2.75, 3.05) is 7.11 Å². The lowest BCUT2D eigenvalue weighted by molar-refractivity contribution is 0.409. The fourth-order valence-corrected chi connectivity index (χ4v) is 3.99. The van der Waals surface area contributed by atoms with Crippen molar-refractivity contribution in [2.24, 2.45) is 0 Å². The Morgan fingerprint density at radius 1 is 1.24 bits per heavy atom. The number of benzene rings is 1. The van der Waals surface area contributed by atoms with Gasteiger partial charge in [0.2, 0.25) is 0 Å². The summed E-state index contributed by atoms with van der Waals surface area (Å²) in [5.74, 6) is 2.09. The quantitative estimate of drug-likeness (QED) is 0.819. The number of nitrogens with one attached hydrogen (secondary N) is 1. The van der Waals surface area contributed by atoms with Gasteiger partial charge in [-0.05, 0) is 51.3 Å². The molecule has 1 saturated carbocycles. The van der Waals surface area contributed by atoms with Crippen LogP contribution in [0.5, 0.6) is 5.75 Å². The molecule has 118 valence electrons. The summed E-state index contributed by atoms with van der Waals surface area (Å²) in [7, 11) is 1.77. The molecule has 0 aliphatic heterocycles. The Morgan fingerprint density at radius 3 is 2.57 bits per heavy atom. The molecular formula is C18H29NOS. The van der Waals surface area contributed by atoms with Crippen LogP contribution < -0.4 is 10.1 Å². The second kappa shape index (κ2) is 7.55. The Labute approximate surface area is 134 Å². The van der Waals surface area contributed by atoms with Gasteiger partial charge in [0.15, 0.2) is 0 Å². The fraction of sp³-hybridized carbons (Fsp3) is 0.667. The number of hydrogen-bond acceptors (Lipinski definition) is 3. The number of methoxy groups -OCH3 is 1. The van der Waals surface area contributed by atoms with E-state index in [1.54, 1.807) is 7.11 Å². The second-order valence-electron chi connectivity index (χ2n) is 6.97. The van der Waals surface area contributed by atoms with E-state index in [1.165, 1.54) is 36.8 Å². The van der Waals surface area contributed by atoms with E-state index in [4.69, 9.17) is 4.74 Å². The van der Waals surface area contributed by atoms with Crippen LogP contribution in [0.2, 0.25) is 0 Å². The molecule has 0 atom stereocenters. The van der Waals surface area contributed by atoms with Gasteiger partial charge < -0.3 is 10.1 Å². The van der Waals surface area contributed by atoms with Gasteiger partial charge in [-0.3, -0.25) is 0 Å². The lowest BCUT2D eigenvalue weighted by Gasteiger charge is -2.21. The van der Waals surface area contributed by atoms with Crippen LogP contribution in [-0.4, -0.2) is 17.9 Å². The number of thioether (sulfide) groups is 1. The second-order valence-corrected chi connectivity index (χ2v) is 8.26.